The van der Waals surface area contributed by atoms with E-state index in [2.05, 4.69) is 48.3 Å². The lowest BCUT2D eigenvalue weighted by atomic mass is 10.2. The summed E-state index contributed by atoms with van der Waals surface area (Å²) in [4.78, 5) is 5.79. The van der Waals surface area contributed by atoms with Crippen molar-refractivity contribution in [3.8, 4) is 0 Å². The maximum absolute atomic E-state index is 4.41. The average molecular weight is 239 g/mol. The van der Waals surface area contributed by atoms with E-state index in [1.54, 1.807) is 0 Å². The molecule has 0 unspecified atom stereocenters. The number of benzene rings is 1. The first-order valence-electron chi connectivity index (χ1n) is 5.70. The highest BCUT2D eigenvalue weighted by molar-refractivity contribution is 7.19. The van der Waals surface area contributed by atoms with Gasteiger partial charge in [0.15, 0.2) is 0 Å². The number of pyridine rings is 1. The number of aryl methyl sites for hydroxylation is 1. The number of thiophene rings is 1. The second kappa shape index (κ2) is 4.30. The molecular formula is C15H13NS. The Morgan fingerprint density at radius 2 is 2.00 bits per heavy atom. The van der Waals surface area contributed by atoms with E-state index in [0.717, 1.165) is 12.1 Å². The van der Waals surface area contributed by atoms with E-state index in [-0.39, 0.29) is 0 Å². The van der Waals surface area contributed by atoms with Gasteiger partial charge in [0, 0.05) is 27.9 Å². The van der Waals surface area contributed by atoms with Crippen molar-refractivity contribution >= 4 is 21.4 Å². The van der Waals surface area contributed by atoms with Gasteiger partial charge in [0.1, 0.15) is 0 Å². The van der Waals surface area contributed by atoms with Gasteiger partial charge < -0.3 is 0 Å². The first-order valence-corrected chi connectivity index (χ1v) is 6.52. The zero-order valence-corrected chi connectivity index (χ0v) is 10.5. The summed E-state index contributed by atoms with van der Waals surface area (Å²) < 4.78 is 1.36. The Kier molecular flexibility index (Phi) is 2.65. The van der Waals surface area contributed by atoms with E-state index < -0.39 is 0 Å². The van der Waals surface area contributed by atoms with Crippen LogP contribution in [0.25, 0.3) is 10.1 Å². The smallest absolute Gasteiger partial charge is 0.0458 e. The molecule has 1 aromatic carbocycles. The third kappa shape index (κ3) is 2.22. The molecule has 2 aromatic heterocycles. The molecule has 0 aliphatic rings. The molecule has 0 aliphatic carbocycles. The van der Waals surface area contributed by atoms with Crippen molar-refractivity contribution in [3.63, 3.8) is 0 Å². The summed E-state index contributed by atoms with van der Waals surface area (Å²) >= 11 is 1.86. The molecular weight excluding hydrogens is 226 g/mol. The standard InChI is InChI=1S/C15H13NS/c1-11-6-7-16-13(8-11)10-14-9-12-4-2-3-5-15(12)17-14/h2-9H,10H2,1H3. The molecule has 0 saturated heterocycles. The third-order valence-corrected chi connectivity index (χ3v) is 3.92. The van der Waals surface area contributed by atoms with Crippen molar-refractivity contribution in [2.45, 2.75) is 13.3 Å². The van der Waals surface area contributed by atoms with Crippen LogP contribution >= 0.6 is 11.3 Å². The van der Waals surface area contributed by atoms with E-state index in [0.29, 0.717) is 0 Å². The van der Waals surface area contributed by atoms with Crippen molar-refractivity contribution in [2.75, 3.05) is 0 Å². The molecule has 0 aliphatic heterocycles. The Bertz CT molecular complexity index is 622. The Morgan fingerprint density at radius 1 is 1.12 bits per heavy atom. The predicted molar refractivity (Wildman–Crippen MR) is 73.6 cm³/mol. The summed E-state index contributed by atoms with van der Waals surface area (Å²) in [6.07, 6.45) is 2.82. The molecule has 3 aromatic rings. The molecule has 0 radical (unpaired) electrons. The SMILES string of the molecule is Cc1ccnc(Cc2cc3ccccc3s2)c1. The quantitative estimate of drug-likeness (QED) is 0.653. The van der Waals surface area contributed by atoms with Crippen LogP contribution in [0.3, 0.4) is 0 Å². The van der Waals surface area contributed by atoms with E-state index in [1.807, 2.05) is 23.6 Å². The Balaban J connectivity index is 1.94. The van der Waals surface area contributed by atoms with Crippen LogP contribution in [-0.4, -0.2) is 4.98 Å². The minimum atomic E-state index is 0.932. The third-order valence-electron chi connectivity index (χ3n) is 2.80. The molecule has 84 valence electrons. The van der Waals surface area contributed by atoms with Crippen molar-refractivity contribution in [1.82, 2.24) is 4.98 Å². The first-order chi connectivity index (χ1) is 8.31. The van der Waals surface area contributed by atoms with Crippen LogP contribution in [0, 0.1) is 6.92 Å². The molecule has 0 spiro atoms. The van der Waals surface area contributed by atoms with Crippen LogP contribution in [0.1, 0.15) is 16.1 Å². The average Bonchev–Trinajstić information content (AvgIpc) is 2.71. The van der Waals surface area contributed by atoms with E-state index >= 15 is 0 Å². The molecule has 2 heteroatoms. The van der Waals surface area contributed by atoms with Crippen molar-refractivity contribution in [1.29, 1.82) is 0 Å². The second-order valence-corrected chi connectivity index (χ2v) is 5.42. The van der Waals surface area contributed by atoms with Gasteiger partial charge in [0.05, 0.1) is 0 Å². The van der Waals surface area contributed by atoms with Crippen LogP contribution in [0.15, 0.2) is 48.7 Å². The summed E-state index contributed by atoms with van der Waals surface area (Å²) in [6.45, 7) is 2.11. The van der Waals surface area contributed by atoms with Crippen LogP contribution < -0.4 is 0 Å². The second-order valence-electron chi connectivity index (χ2n) is 4.25. The number of aromatic nitrogens is 1. The monoisotopic (exact) mass is 239 g/mol. The van der Waals surface area contributed by atoms with Gasteiger partial charge in [-0.1, -0.05) is 18.2 Å². The molecule has 0 amide bonds. The maximum Gasteiger partial charge on any atom is 0.0458 e. The van der Waals surface area contributed by atoms with E-state index in [9.17, 15) is 0 Å². The van der Waals surface area contributed by atoms with Crippen molar-refractivity contribution < 1.29 is 0 Å². The molecule has 17 heavy (non-hydrogen) atoms. The minimum absolute atomic E-state index is 0.932. The number of rotatable bonds is 2. The minimum Gasteiger partial charge on any atom is -0.261 e. The number of nitrogens with zero attached hydrogens (tertiary/aromatic N) is 1. The molecule has 0 saturated carbocycles. The van der Waals surface area contributed by atoms with Crippen LogP contribution in [0.4, 0.5) is 0 Å². The van der Waals surface area contributed by atoms with Crippen LogP contribution in [0.5, 0.6) is 0 Å². The van der Waals surface area contributed by atoms with Crippen LogP contribution in [0.2, 0.25) is 0 Å². The Morgan fingerprint density at radius 3 is 2.82 bits per heavy atom. The van der Waals surface area contributed by atoms with Gasteiger partial charge in [-0.05, 0) is 42.1 Å². The lowest BCUT2D eigenvalue weighted by Crippen LogP contribution is -1.89. The fourth-order valence-electron chi connectivity index (χ4n) is 2.00. The fraction of sp³-hybridized carbons (Fsp3) is 0.133. The van der Waals surface area contributed by atoms with Gasteiger partial charge >= 0.3 is 0 Å². The highest BCUT2D eigenvalue weighted by Crippen LogP contribution is 2.26. The van der Waals surface area contributed by atoms with E-state index in [4.69, 9.17) is 0 Å². The van der Waals surface area contributed by atoms with Gasteiger partial charge in [-0.15, -0.1) is 11.3 Å². The molecule has 0 fully saturated rings. The topological polar surface area (TPSA) is 12.9 Å². The van der Waals surface area contributed by atoms with Crippen LogP contribution in [-0.2, 0) is 6.42 Å². The highest BCUT2D eigenvalue weighted by atomic mass is 32.1. The Hall–Kier alpha value is -1.67. The summed E-state index contributed by atoms with van der Waals surface area (Å²) in [7, 11) is 0. The molecule has 2 heterocycles. The van der Waals surface area contributed by atoms with Gasteiger partial charge in [-0.2, -0.15) is 0 Å². The van der Waals surface area contributed by atoms with Gasteiger partial charge in [0.25, 0.3) is 0 Å². The summed E-state index contributed by atoms with van der Waals surface area (Å²) in [6, 6.07) is 15.0. The van der Waals surface area contributed by atoms with Crippen molar-refractivity contribution in [3.05, 3.63) is 64.8 Å². The predicted octanol–water partition coefficient (Wildman–Crippen LogP) is 4.20. The number of hydrogen-bond donors (Lipinski definition) is 0. The molecule has 0 bridgehead atoms. The van der Waals surface area contributed by atoms with Gasteiger partial charge in [-0.25, -0.2) is 0 Å². The zero-order valence-electron chi connectivity index (χ0n) is 9.68. The summed E-state index contributed by atoms with van der Waals surface area (Å²) in [5.41, 5.74) is 2.42. The molecule has 1 nitrogen and oxygen atoms in total. The maximum atomic E-state index is 4.41. The zero-order chi connectivity index (χ0) is 11.7. The molecule has 0 atom stereocenters. The fourth-order valence-corrected chi connectivity index (χ4v) is 3.08. The lowest BCUT2D eigenvalue weighted by molar-refractivity contribution is 1.08. The molecule has 3 rings (SSSR count). The Labute approximate surface area is 105 Å². The lowest BCUT2D eigenvalue weighted by Gasteiger charge is -1.98. The van der Waals surface area contributed by atoms with Gasteiger partial charge in [0.2, 0.25) is 0 Å². The van der Waals surface area contributed by atoms with Crippen molar-refractivity contribution in [2.24, 2.45) is 0 Å². The number of hydrogen-bond acceptors (Lipinski definition) is 2. The summed E-state index contributed by atoms with van der Waals surface area (Å²) in [5.74, 6) is 0. The number of fused-ring (bicyclic) bond motifs is 1. The van der Waals surface area contributed by atoms with E-state index in [1.165, 1.54) is 20.5 Å². The first kappa shape index (κ1) is 10.5. The largest absolute Gasteiger partial charge is 0.261 e. The van der Waals surface area contributed by atoms with Gasteiger partial charge in [-0.3, -0.25) is 4.98 Å². The molecule has 0 N–H and O–H groups in total. The summed E-state index contributed by atoms with van der Waals surface area (Å²) in [5, 5.41) is 1.33. The highest BCUT2D eigenvalue weighted by Gasteiger charge is 2.03. The normalized spacial score (nSPS) is 10.9.